The molecular weight excluding hydrogens is 221 g/mol. The predicted molar refractivity (Wildman–Crippen MR) is 59.8 cm³/mol. The van der Waals surface area contributed by atoms with Crippen molar-refractivity contribution in [2.75, 3.05) is 12.9 Å². The Bertz CT molecular complexity index is 440. The van der Waals surface area contributed by atoms with Crippen LogP contribution in [0.15, 0.2) is 14.7 Å². The molecule has 0 saturated carbocycles. The Kier molecular flexibility index (Phi) is 3.89. The van der Waals surface area contributed by atoms with Crippen LogP contribution in [0.3, 0.4) is 0 Å². The average molecular weight is 233 g/mol. The number of aromatic nitrogens is 3. The molecule has 1 heterocycles. The van der Waals surface area contributed by atoms with Gasteiger partial charge in [0.1, 0.15) is 0 Å². The lowest BCUT2D eigenvalue weighted by atomic mass is 10.7. The number of rotatable bonds is 3. The van der Waals surface area contributed by atoms with Gasteiger partial charge in [0.05, 0.1) is 0 Å². The maximum absolute atomic E-state index is 11.7. The molecule has 0 spiro atoms. The van der Waals surface area contributed by atoms with Crippen LogP contribution in [0.4, 0.5) is 0 Å². The zero-order chi connectivity index (χ0) is 10.7. The highest BCUT2D eigenvalue weighted by atomic mass is 32.2. The van der Waals surface area contributed by atoms with E-state index in [1.54, 1.807) is 13.2 Å². The van der Waals surface area contributed by atoms with Gasteiger partial charge < -0.3 is 0 Å². The third-order valence-electron chi connectivity index (χ3n) is 1.76. The molecule has 1 aromatic heterocycles. The second-order valence-electron chi connectivity index (χ2n) is 2.47. The molecule has 5 nitrogen and oxygen atoms in total. The summed E-state index contributed by atoms with van der Waals surface area (Å²) in [7, 11) is 0.291. The summed E-state index contributed by atoms with van der Waals surface area (Å²) in [6, 6.07) is 0. The number of nitrogens with zero attached hydrogens (tertiary/aromatic N) is 3. The van der Waals surface area contributed by atoms with Crippen molar-refractivity contribution in [3.8, 4) is 0 Å². The fourth-order valence-electron chi connectivity index (χ4n) is 1.08. The molecule has 1 unspecified atom stereocenters. The summed E-state index contributed by atoms with van der Waals surface area (Å²) < 4.78 is 2.66. The van der Waals surface area contributed by atoms with Gasteiger partial charge in [0, 0.05) is 6.54 Å². The Morgan fingerprint density at radius 3 is 2.57 bits per heavy atom. The molecule has 0 radical (unpaired) electrons. The zero-order valence-corrected chi connectivity index (χ0v) is 10.1. The smallest absolute Gasteiger partial charge is 0.254 e. The monoisotopic (exact) mass is 233 g/mol. The number of thioether (sulfide) groups is 1. The molecule has 0 aromatic carbocycles. The van der Waals surface area contributed by atoms with E-state index in [9.17, 15) is 9.59 Å². The normalized spacial score (nSPS) is 11.4. The van der Waals surface area contributed by atoms with E-state index in [1.807, 2.05) is 6.66 Å². The molecular formula is C7H12N3O2PS. The van der Waals surface area contributed by atoms with Gasteiger partial charge in [0.2, 0.25) is 0 Å². The molecule has 0 aliphatic rings. The maximum atomic E-state index is 11.7. The van der Waals surface area contributed by atoms with Crippen LogP contribution < -0.4 is 11.4 Å². The van der Waals surface area contributed by atoms with Crippen molar-refractivity contribution in [2.45, 2.75) is 18.6 Å². The van der Waals surface area contributed by atoms with Crippen molar-refractivity contribution in [2.24, 2.45) is 0 Å². The minimum absolute atomic E-state index is 0.266. The first kappa shape index (κ1) is 11.5. The molecule has 0 amide bonds. The van der Waals surface area contributed by atoms with Crippen LogP contribution in [0.5, 0.6) is 0 Å². The van der Waals surface area contributed by atoms with E-state index in [4.69, 9.17) is 0 Å². The molecule has 0 aliphatic carbocycles. The molecule has 1 atom stereocenters. The predicted octanol–water partition coefficient (Wildman–Crippen LogP) is 0.218. The van der Waals surface area contributed by atoms with Crippen molar-refractivity contribution in [1.82, 2.24) is 13.9 Å². The summed E-state index contributed by atoms with van der Waals surface area (Å²) >= 11 is 1.31. The molecule has 7 heteroatoms. The van der Waals surface area contributed by atoms with Crippen molar-refractivity contribution >= 4 is 20.5 Å². The maximum Gasteiger partial charge on any atom is 0.354 e. The van der Waals surface area contributed by atoms with Crippen LogP contribution in [-0.4, -0.2) is 26.8 Å². The van der Waals surface area contributed by atoms with Crippen LogP contribution in [0.1, 0.15) is 6.92 Å². The van der Waals surface area contributed by atoms with Gasteiger partial charge in [-0.15, -0.1) is 0 Å². The highest BCUT2D eigenvalue weighted by Gasteiger charge is 2.09. The summed E-state index contributed by atoms with van der Waals surface area (Å²) in [5, 5.41) is 0.491. The molecule has 0 N–H and O–H groups in total. The Morgan fingerprint density at radius 1 is 1.50 bits per heavy atom. The first-order valence-electron chi connectivity index (χ1n) is 4.11. The van der Waals surface area contributed by atoms with Crippen molar-refractivity contribution in [3.63, 3.8) is 0 Å². The van der Waals surface area contributed by atoms with Crippen LogP contribution in [0.2, 0.25) is 0 Å². The van der Waals surface area contributed by atoms with Crippen molar-refractivity contribution in [3.05, 3.63) is 21.0 Å². The highest BCUT2D eigenvalue weighted by Crippen LogP contribution is 2.14. The third-order valence-corrected chi connectivity index (χ3v) is 3.41. The second kappa shape index (κ2) is 4.75. The van der Waals surface area contributed by atoms with Gasteiger partial charge in [-0.2, -0.15) is 4.98 Å². The van der Waals surface area contributed by atoms with Crippen molar-refractivity contribution in [1.29, 1.82) is 0 Å². The topological polar surface area (TPSA) is 56.9 Å². The largest absolute Gasteiger partial charge is 0.354 e. The molecule has 14 heavy (non-hydrogen) atoms. The SMILES string of the molecule is CCn1c(=O)nc(SC)n(PC)c1=O. The highest BCUT2D eigenvalue weighted by molar-refractivity contribution is 7.98. The van der Waals surface area contributed by atoms with Crippen LogP contribution in [0.25, 0.3) is 0 Å². The Balaban J connectivity index is 3.56. The minimum atomic E-state index is -0.462. The zero-order valence-electron chi connectivity index (χ0n) is 8.27. The van der Waals surface area contributed by atoms with Gasteiger partial charge in [-0.1, -0.05) is 11.8 Å². The summed E-state index contributed by atoms with van der Waals surface area (Å²) in [5.74, 6) is 0. The molecule has 1 rings (SSSR count). The Hall–Kier alpha value is -0.610. The van der Waals surface area contributed by atoms with Gasteiger partial charge in [-0.25, -0.2) is 14.2 Å². The van der Waals surface area contributed by atoms with E-state index in [0.717, 1.165) is 4.57 Å². The van der Waals surface area contributed by atoms with Gasteiger partial charge in [0.15, 0.2) is 5.16 Å². The number of hydrogen-bond acceptors (Lipinski definition) is 4. The van der Waals surface area contributed by atoms with E-state index in [0.29, 0.717) is 20.4 Å². The molecule has 78 valence electrons. The lowest BCUT2D eigenvalue weighted by Gasteiger charge is -2.08. The Morgan fingerprint density at radius 2 is 2.14 bits per heavy atom. The molecule has 1 aromatic rings. The molecule has 0 aliphatic heterocycles. The average Bonchev–Trinajstić information content (AvgIpc) is 2.17. The van der Waals surface area contributed by atoms with E-state index in [-0.39, 0.29) is 5.69 Å². The Labute approximate surface area is 87.4 Å². The van der Waals surface area contributed by atoms with Gasteiger partial charge >= 0.3 is 11.4 Å². The minimum Gasteiger partial charge on any atom is -0.254 e. The standard InChI is InChI=1S/C7H12N3O2PS/c1-4-9-5(11)8-6(14-3)10(13-2)7(9)12/h13H,4H2,1-3H3. The molecule has 0 fully saturated rings. The van der Waals surface area contributed by atoms with E-state index >= 15 is 0 Å². The van der Waals surface area contributed by atoms with Crippen LogP contribution in [0, 0.1) is 0 Å². The van der Waals surface area contributed by atoms with Crippen LogP contribution >= 0.6 is 20.5 Å². The van der Waals surface area contributed by atoms with E-state index in [1.165, 1.54) is 16.1 Å². The summed E-state index contributed by atoms with van der Waals surface area (Å²) in [6.45, 7) is 4.00. The lowest BCUT2D eigenvalue weighted by Crippen LogP contribution is -2.39. The molecule has 0 saturated heterocycles. The summed E-state index contributed by atoms with van der Waals surface area (Å²) in [4.78, 5) is 26.9. The van der Waals surface area contributed by atoms with Crippen molar-refractivity contribution < 1.29 is 0 Å². The van der Waals surface area contributed by atoms with Gasteiger partial charge in [-0.05, 0) is 28.6 Å². The third kappa shape index (κ3) is 1.91. The van der Waals surface area contributed by atoms with E-state index in [2.05, 4.69) is 4.98 Å². The van der Waals surface area contributed by atoms with Gasteiger partial charge in [0.25, 0.3) is 0 Å². The first-order chi connectivity index (χ1) is 6.65. The van der Waals surface area contributed by atoms with Gasteiger partial charge in [-0.3, -0.25) is 4.34 Å². The molecule has 0 bridgehead atoms. The number of hydrogen-bond donors (Lipinski definition) is 0. The van der Waals surface area contributed by atoms with E-state index < -0.39 is 5.69 Å². The quantitative estimate of drug-likeness (QED) is 0.553. The fraction of sp³-hybridized carbons (Fsp3) is 0.571. The van der Waals surface area contributed by atoms with Crippen LogP contribution in [-0.2, 0) is 6.54 Å². The lowest BCUT2D eigenvalue weighted by molar-refractivity contribution is 0.598. The second-order valence-corrected chi connectivity index (χ2v) is 4.13. The summed E-state index contributed by atoms with van der Waals surface area (Å²) in [6.07, 6.45) is 1.80. The first-order valence-corrected chi connectivity index (χ1v) is 6.78. The fourth-order valence-corrected chi connectivity index (χ4v) is 2.61. The summed E-state index contributed by atoms with van der Waals surface area (Å²) in [5.41, 5.74) is -0.728.